The van der Waals surface area contributed by atoms with E-state index >= 15 is 0 Å². The third-order valence-electron chi connectivity index (χ3n) is 3.99. The first-order chi connectivity index (χ1) is 11.5. The summed E-state index contributed by atoms with van der Waals surface area (Å²) < 4.78 is 0. The lowest BCUT2D eigenvalue weighted by Gasteiger charge is -2.24. The summed E-state index contributed by atoms with van der Waals surface area (Å²) in [5.74, 6) is 0.190. The zero-order valence-corrected chi connectivity index (χ0v) is 13.7. The highest BCUT2D eigenvalue weighted by Gasteiger charge is 2.28. The van der Waals surface area contributed by atoms with Crippen LogP contribution in [0.15, 0.2) is 47.0 Å². The second kappa shape index (κ2) is 6.31. The molecule has 124 valence electrons. The first-order valence-corrected chi connectivity index (χ1v) is 7.91. The van der Waals surface area contributed by atoms with Crippen molar-refractivity contribution in [3.63, 3.8) is 0 Å². The Morgan fingerprint density at radius 1 is 1.38 bits per heavy atom. The van der Waals surface area contributed by atoms with Gasteiger partial charge >= 0.3 is 0 Å². The molecule has 1 aromatic carbocycles. The minimum absolute atomic E-state index is 0.124. The zero-order valence-electron chi connectivity index (χ0n) is 13.7. The number of rotatable bonds is 5. The van der Waals surface area contributed by atoms with Crippen molar-refractivity contribution in [2.24, 2.45) is 16.6 Å². The molecule has 2 heterocycles. The maximum Gasteiger partial charge on any atom is 0.214 e. The summed E-state index contributed by atoms with van der Waals surface area (Å²) in [6, 6.07) is 6.90. The molecule has 0 aliphatic carbocycles. The van der Waals surface area contributed by atoms with Crippen LogP contribution in [-0.2, 0) is 4.79 Å². The number of fused-ring (bicyclic) bond motifs is 1. The topological polar surface area (TPSA) is 100 Å². The number of Topliss-reactive ketones (excluding diaryl/α,β-unsaturated/α-hetero) is 1. The Hall–Kier alpha value is -2.89. The summed E-state index contributed by atoms with van der Waals surface area (Å²) in [7, 11) is 0. The van der Waals surface area contributed by atoms with E-state index in [9.17, 15) is 9.59 Å². The van der Waals surface area contributed by atoms with Crippen LogP contribution in [-0.4, -0.2) is 28.8 Å². The molecule has 0 saturated carbocycles. The van der Waals surface area contributed by atoms with Gasteiger partial charge in [0.1, 0.15) is 18.0 Å². The van der Waals surface area contributed by atoms with Crippen molar-refractivity contribution in [3.05, 3.63) is 47.5 Å². The number of para-hydroxylation sites is 1. The number of carbonyl (C=O) groups excluding carboxylic acids is 2. The van der Waals surface area contributed by atoms with E-state index in [2.05, 4.69) is 15.3 Å². The van der Waals surface area contributed by atoms with E-state index in [1.807, 2.05) is 38.1 Å². The number of allylic oxidation sites excluding steroid dienone is 1. The van der Waals surface area contributed by atoms with E-state index in [-0.39, 0.29) is 17.3 Å². The van der Waals surface area contributed by atoms with Crippen LogP contribution in [0.3, 0.4) is 0 Å². The largest absolute Gasteiger partial charge is 0.382 e. The van der Waals surface area contributed by atoms with Crippen LogP contribution in [0, 0.1) is 5.92 Å². The smallest absolute Gasteiger partial charge is 0.214 e. The van der Waals surface area contributed by atoms with Gasteiger partial charge in [-0.1, -0.05) is 32.0 Å². The molecule has 1 atom stereocenters. The Balaban J connectivity index is 2.00. The molecule has 0 fully saturated rings. The summed E-state index contributed by atoms with van der Waals surface area (Å²) in [5.41, 5.74) is 8.20. The van der Waals surface area contributed by atoms with Gasteiger partial charge in [0.15, 0.2) is 5.82 Å². The summed E-state index contributed by atoms with van der Waals surface area (Å²) in [4.78, 5) is 31.7. The molecule has 24 heavy (non-hydrogen) atoms. The normalized spacial score (nSPS) is 17.8. The highest BCUT2D eigenvalue weighted by molar-refractivity contribution is 6.17. The van der Waals surface area contributed by atoms with Gasteiger partial charge in [-0.2, -0.15) is 0 Å². The SMILES string of the molecule is CC(C)CC1=NC(N)=C(C(=O)c2c[nH]c3ccccc23)NC1C=O. The molecular formula is C18H20N4O2. The van der Waals surface area contributed by atoms with Gasteiger partial charge in [-0.25, -0.2) is 4.99 Å². The van der Waals surface area contributed by atoms with Gasteiger partial charge in [0.05, 0.1) is 5.71 Å². The zero-order chi connectivity index (χ0) is 17.3. The number of nitrogens with two attached hydrogens (primary N) is 1. The molecule has 1 aliphatic heterocycles. The number of aliphatic imine (C=N–C) groups is 1. The molecule has 2 aromatic rings. The number of nitrogens with one attached hydrogen (secondary N) is 2. The number of ketones is 1. The number of hydrogen-bond acceptors (Lipinski definition) is 5. The molecule has 0 amide bonds. The van der Waals surface area contributed by atoms with Crippen LogP contribution in [0.1, 0.15) is 30.6 Å². The lowest BCUT2D eigenvalue weighted by Crippen LogP contribution is -2.44. The molecule has 0 bridgehead atoms. The molecule has 3 rings (SSSR count). The molecule has 6 nitrogen and oxygen atoms in total. The highest BCUT2D eigenvalue weighted by Crippen LogP contribution is 2.22. The molecule has 0 spiro atoms. The van der Waals surface area contributed by atoms with Gasteiger partial charge in [-0.15, -0.1) is 0 Å². The van der Waals surface area contributed by atoms with E-state index in [4.69, 9.17) is 5.73 Å². The van der Waals surface area contributed by atoms with E-state index in [0.717, 1.165) is 17.2 Å². The van der Waals surface area contributed by atoms with Crippen LogP contribution >= 0.6 is 0 Å². The van der Waals surface area contributed by atoms with Crippen molar-refractivity contribution < 1.29 is 9.59 Å². The Labute approximate surface area is 139 Å². The maximum atomic E-state index is 12.9. The summed E-state index contributed by atoms with van der Waals surface area (Å²) in [6.45, 7) is 4.08. The van der Waals surface area contributed by atoms with Gasteiger partial charge < -0.3 is 20.8 Å². The number of hydrogen-bond donors (Lipinski definition) is 3. The minimum Gasteiger partial charge on any atom is -0.382 e. The van der Waals surface area contributed by atoms with Gasteiger partial charge in [-0.05, 0) is 18.4 Å². The standard InChI is InChI=1S/C18H20N4O2/c1-10(2)7-14-15(9-23)21-16(18(19)22-14)17(24)12-8-20-13-6-4-3-5-11(12)13/h3-6,8-10,15,20-21H,7,19H2,1-2H3. The molecule has 0 radical (unpaired) electrons. The van der Waals surface area contributed by atoms with Gasteiger partial charge in [0, 0.05) is 22.7 Å². The second-order valence-electron chi connectivity index (χ2n) is 6.30. The lowest BCUT2D eigenvalue weighted by atomic mass is 9.98. The number of aromatic nitrogens is 1. The van der Waals surface area contributed by atoms with Crippen molar-refractivity contribution in [1.82, 2.24) is 10.3 Å². The average Bonchev–Trinajstić information content (AvgIpc) is 2.98. The fourth-order valence-corrected chi connectivity index (χ4v) is 2.87. The number of nitrogens with zero attached hydrogens (tertiary/aromatic N) is 1. The minimum atomic E-state index is -0.621. The number of aldehydes is 1. The fourth-order valence-electron chi connectivity index (χ4n) is 2.87. The van der Waals surface area contributed by atoms with Crippen LogP contribution in [0.2, 0.25) is 0 Å². The van der Waals surface area contributed by atoms with Crippen molar-refractivity contribution in [2.45, 2.75) is 26.3 Å². The molecule has 0 saturated heterocycles. The van der Waals surface area contributed by atoms with E-state index < -0.39 is 6.04 Å². The van der Waals surface area contributed by atoms with E-state index in [0.29, 0.717) is 23.6 Å². The van der Waals surface area contributed by atoms with Gasteiger partial charge in [0.25, 0.3) is 0 Å². The lowest BCUT2D eigenvalue weighted by molar-refractivity contribution is -0.108. The second-order valence-corrected chi connectivity index (χ2v) is 6.30. The van der Waals surface area contributed by atoms with Crippen molar-refractivity contribution >= 4 is 28.7 Å². The summed E-state index contributed by atoms with van der Waals surface area (Å²) >= 11 is 0. The molecule has 1 aromatic heterocycles. The van der Waals surface area contributed by atoms with Crippen LogP contribution in [0.25, 0.3) is 10.9 Å². The third-order valence-corrected chi connectivity index (χ3v) is 3.99. The van der Waals surface area contributed by atoms with Crippen LogP contribution in [0.4, 0.5) is 0 Å². The summed E-state index contributed by atoms with van der Waals surface area (Å²) in [6.07, 6.45) is 3.06. The predicted molar refractivity (Wildman–Crippen MR) is 93.7 cm³/mol. The van der Waals surface area contributed by atoms with Crippen LogP contribution in [0.5, 0.6) is 0 Å². The first-order valence-electron chi connectivity index (χ1n) is 7.91. The van der Waals surface area contributed by atoms with Crippen LogP contribution < -0.4 is 11.1 Å². The van der Waals surface area contributed by atoms with E-state index in [1.165, 1.54) is 0 Å². The van der Waals surface area contributed by atoms with Gasteiger partial charge in [-0.3, -0.25) is 4.79 Å². The van der Waals surface area contributed by atoms with E-state index in [1.54, 1.807) is 6.20 Å². The Morgan fingerprint density at radius 3 is 2.83 bits per heavy atom. The number of carbonyl (C=O) groups is 2. The average molecular weight is 324 g/mol. The fraction of sp³-hybridized carbons (Fsp3) is 0.278. The first kappa shape index (κ1) is 16.0. The molecule has 4 N–H and O–H groups in total. The Morgan fingerprint density at radius 2 is 2.12 bits per heavy atom. The number of aromatic amines is 1. The number of benzene rings is 1. The molecule has 6 heteroatoms. The monoisotopic (exact) mass is 324 g/mol. The third kappa shape index (κ3) is 2.82. The Bertz CT molecular complexity index is 861. The van der Waals surface area contributed by atoms with Gasteiger partial charge in [0.2, 0.25) is 5.78 Å². The Kier molecular flexibility index (Phi) is 4.20. The van der Waals surface area contributed by atoms with Crippen molar-refractivity contribution in [1.29, 1.82) is 0 Å². The molecule has 1 unspecified atom stereocenters. The van der Waals surface area contributed by atoms with Crippen molar-refractivity contribution in [2.75, 3.05) is 0 Å². The van der Waals surface area contributed by atoms with Crippen molar-refractivity contribution in [3.8, 4) is 0 Å². The molecular weight excluding hydrogens is 304 g/mol. The molecule has 1 aliphatic rings. The predicted octanol–water partition coefficient (Wildman–Crippen LogP) is 2.14. The summed E-state index contributed by atoms with van der Waals surface area (Å²) in [5, 5.41) is 3.76. The number of H-pyrrole nitrogens is 1. The maximum absolute atomic E-state index is 12.9. The highest BCUT2D eigenvalue weighted by atomic mass is 16.1. The quantitative estimate of drug-likeness (QED) is 0.579.